The lowest BCUT2D eigenvalue weighted by atomic mass is 9.88. The van der Waals surface area contributed by atoms with Gasteiger partial charge in [0.1, 0.15) is 5.69 Å². The molecule has 1 fully saturated rings. The Balaban J connectivity index is 1.71. The molecule has 0 unspecified atom stereocenters. The average Bonchev–Trinajstić information content (AvgIpc) is 3.45. The molecule has 3 aromatic rings. The Labute approximate surface area is 203 Å². The van der Waals surface area contributed by atoms with Crippen LogP contribution in [0.15, 0.2) is 42.5 Å². The first-order valence-electron chi connectivity index (χ1n) is 10.6. The quantitative estimate of drug-likeness (QED) is 0.339. The summed E-state index contributed by atoms with van der Waals surface area (Å²) in [7, 11) is 1.38. The highest BCUT2D eigenvalue weighted by atomic mass is 127. The number of carbonyl (C=O) groups is 2. The number of hydrogen-bond acceptors (Lipinski definition) is 5. The molecule has 1 spiro atoms. The number of fused-ring (bicyclic) bond motifs is 2. The van der Waals surface area contributed by atoms with Crippen LogP contribution in [-0.4, -0.2) is 41.9 Å². The topological polar surface area (TPSA) is 73.7 Å². The lowest BCUT2D eigenvalue weighted by molar-refractivity contribution is 0.0516. The van der Waals surface area contributed by atoms with E-state index in [2.05, 4.69) is 27.7 Å². The van der Waals surface area contributed by atoms with E-state index in [1.807, 2.05) is 24.3 Å². The number of carbonyl (C=O) groups excluding carboxylic acids is 2. The fourth-order valence-electron chi connectivity index (χ4n) is 4.40. The Morgan fingerprint density at radius 2 is 1.88 bits per heavy atom. The van der Waals surface area contributed by atoms with E-state index in [0.717, 1.165) is 22.1 Å². The zero-order chi connectivity index (χ0) is 23.3. The van der Waals surface area contributed by atoms with Crippen molar-refractivity contribution in [2.24, 2.45) is 0 Å². The van der Waals surface area contributed by atoms with Crippen molar-refractivity contribution in [3.8, 4) is 11.4 Å². The van der Waals surface area contributed by atoms with Crippen LogP contribution in [0.5, 0.6) is 5.75 Å². The number of amides is 1. The van der Waals surface area contributed by atoms with Gasteiger partial charge < -0.3 is 14.4 Å². The second kappa shape index (κ2) is 8.12. The van der Waals surface area contributed by atoms with Gasteiger partial charge in [0.25, 0.3) is 5.91 Å². The fourth-order valence-corrected chi connectivity index (χ4v) is 4.76. The van der Waals surface area contributed by atoms with Crippen molar-refractivity contribution in [1.82, 2.24) is 9.78 Å². The average molecular weight is 561 g/mol. The minimum absolute atomic E-state index is 0.0795. The molecule has 9 heteroatoms. The summed E-state index contributed by atoms with van der Waals surface area (Å²) in [6, 6.07) is 12.0. The van der Waals surface area contributed by atoms with E-state index in [9.17, 15) is 14.0 Å². The SMILES string of the molecule is CCOC(=O)c1nn(-c2ccc(OC)c(F)c2)c2c1C1(CC1)CN(c1ccc(I)cc1)C2=O. The largest absolute Gasteiger partial charge is 0.494 e. The zero-order valence-electron chi connectivity index (χ0n) is 18.1. The third-order valence-corrected chi connectivity index (χ3v) is 6.88. The number of rotatable bonds is 5. The molecule has 2 aromatic carbocycles. The Kier molecular flexibility index (Phi) is 5.38. The highest BCUT2D eigenvalue weighted by Crippen LogP contribution is 2.54. The van der Waals surface area contributed by atoms with Crippen molar-refractivity contribution in [2.75, 3.05) is 25.2 Å². The van der Waals surface area contributed by atoms with Gasteiger partial charge >= 0.3 is 5.97 Å². The Hall–Kier alpha value is -2.95. The van der Waals surface area contributed by atoms with E-state index in [1.54, 1.807) is 17.9 Å². The summed E-state index contributed by atoms with van der Waals surface area (Å²) in [5, 5.41) is 4.49. The van der Waals surface area contributed by atoms with Gasteiger partial charge in [-0.2, -0.15) is 5.10 Å². The smallest absolute Gasteiger partial charge is 0.359 e. The van der Waals surface area contributed by atoms with E-state index in [1.165, 1.54) is 23.9 Å². The zero-order valence-corrected chi connectivity index (χ0v) is 20.3. The van der Waals surface area contributed by atoms with Crippen LogP contribution >= 0.6 is 22.6 Å². The maximum absolute atomic E-state index is 14.5. The predicted molar refractivity (Wildman–Crippen MR) is 128 cm³/mol. The van der Waals surface area contributed by atoms with Crippen LogP contribution in [0.25, 0.3) is 5.69 Å². The predicted octanol–water partition coefficient (Wildman–Crippen LogP) is 4.49. The maximum Gasteiger partial charge on any atom is 0.359 e. The molecule has 1 aromatic heterocycles. The molecular weight excluding hydrogens is 540 g/mol. The number of esters is 1. The molecule has 0 radical (unpaired) electrons. The third-order valence-electron chi connectivity index (χ3n) is 6.16. The minimum atomic E-state index is -0.587. The number of anilines is 1. The van der Waals surface area contributed by atoms with Crippen LogP contribution < -0.4 is 9.64 Å². The van der Waals surface area contributed by atoms with E-state index in [4.69, 9.17) is 9.47 Å². The van der Waals surface area contributed by atoms with Crippen molar-refractivity contribution in [2.45, 2.75) is 25.2 Å². The molecule has 1 amide bonds. The van der Waals surface area contributed by atoms with Crippen LogP contribution in [0, 0.1) is 9.39 Å². The first kappa shape index (κ1) is 21.9. The molecule has 0 saturated heterocycles. The maximum atomic E-state index is 14.5. The van der Waals surface area contributed by atoms with E-state index >= 15 is 0 Å². The number of hydrogen-bond donors (Lipinski definition) is 0. The van der Waals surface area contributed by atoms with Gasteiger partial charge in [-0.05, 0) is 78.8 Å². The van der Waals surface area contributed by atoms with Crippen LogP contribution in [0.3, 0.4) is 0 Å². The number of aromatic nitrogens is 2. The van der Waals surface area contributed by atoms with Gasteiger partial charge in [0, 0.05) is 32.8 Å². The van der Waals surface area contributed by atoms with Crippen LogP contribution in [-0.2, 0) is 10.2 Å². The van der Waals surface area contributed by atoms with Crippen LogP contribution in [0.4, 0.5) is 10.1 Å². The summed E-state index contributed by atoms with van der Waals surface area (Å²) in [4.78, 5) is 28.3. The highest BCUT2D eigenvalue weighted by Gasteiger charge is 2.56. The van der Waals surface area contributed by atoms with Gasteiger partial charge in [0.05, 0.1) is 19.4 Å². The molecule has 5 rings (SSSR count). The summed E-state index contributed by atoms with van der Waals surface area (Å²) in [6.45, 7) is 2.36. The van der Waals surface area contributed by atoms with Crippen LogP contribution in [0.2, 0.25) is 0 Å². The van der Waals surface area contributed by atoms with Gasteiger partial charge in [0.2, 0.25) is 0 Å². The van der Waals surface area contributed by atoms with E-state index in [0.29, 0.717) is 17.8 Å². The molecule has 0 bridgehead atoms. The normalized spacial score (nSPS) is 16.0. The van der Waals surface area contributed by atoms with Crippen molar-refractivity contribution in [1.29, 1.82) is 0 Å². The molecule has 170 valence electrons. The molecule has 7 nitrogen and oxygen atoms in total. The fraction of sp³-hybridized carbons (Fsp3) is 0.292. The summed E-state index contributed by atoms with van der Waals surface area (Å²) in [5.74, 6) is -1.38. The summed E-state index contributed by atoms with van der Waals surface area (Å²) < 4.78 is 27.2. The standard InChI is InChI=1S/C24H21FIN3O4/c1-3-33-23(31)20-19-21(29(27-20)16-8-9-18(32-2)17(25)12-16)22(30)28(13-24(19)10-11-24)15-6-4-14(26)5-7-15/h4-9,12H,3,10-11,13H2,1-2H3. The molecule has 2 heterocycles. The van der Waals surface area contributed by atoms with E-state index in [-0.39, 0.29) is 35.1 Å². The number of benzene rings is 2. The first-order valence-corrected chi connectivity index (χ1v) is 11.7. The summed E-state index contributed by atoms with van der Waals surface area (Å²) in [6.07, 6.45) is 1.65. The Morgan fingerprint density at radius 3 is 2.48 bits per heavy atom. The van der Waals surface area contributed by atoms with Gasteiger partial charge in [-0.15, -0.1) is 0 Å². The van der Waals surface area contributed by atoms with Crippen LogP contribution in [0.1, 0.15) is 46.3 Å². The summed E-state index contributed by atoms with van der Waals surface area (Å²) >= 11 is 2.22. The lowest BCUT2D eigenvalue weighted by Crippen LogP contribution is -2.44. The highest BCUT2D eigenvalue weighted by molar-refractivity contribution is 14.1. The number of nitrogens with zero attached hydrogens (tertiary/aromatic N) is 3. The summed E-state index contributed by atoms with van der Waals surface area (Å²) in [5.41, 5.74) is 1.71. The molecule has 1 aliphatic heterocycles. The monoisotopic (exact) mass is 561 g/mol. The van der Waals surface area contributed by atoms with Crippen molar-refractivity contribution in [3.63, 3.8) is 0 Å². The van der Waals surface area contributed by atoms with Gasteiger partial charge in [-0.25, -0.2) is 13.9 Å². The first-order chi connectivity index (χ1) is 15.9. The Morgan fingerprint density at radius 1 is 1.18 bits per heavy atom. The minimum Gasteiger partial charge on any atom is -0.494 e. The molecule has 0 atom stereocenters. The molecule has 2 aliphatic rings. The van der Waals surface area contributed by atoms with E-state index < -0.39 is 11.8 Å². The molecular formula is C24H21FIN3O4. The second-order valence-corrected chi connectivity index (χ2v) is 9.42. The molecule has 33 heavy (non-hydrogen) atoms. The van der Waals surface area contributed by atoms with Gasteiger partial charge in [-0.1, -0.05) is 0 Å². The van der Waals surface area contributed by atoms with Crippen molar-refractivity contribution >= 4 is 40.2 Å². The van der Waals surface area contributed by atoms with Crippen molar-refractivity contribution in [3.05, 3.63) is 68.8 Å². The molecule has 1 aliphatic carbocycles. The van der Waals surface area contributed by atoms with Crippen molar-refractivity contribution < 1.29 is 23.5 Å². The number of methoxy groups -OCH3 is 1. The second-order valence-electron chi connectivity index (χ2n) is 8.17. The Bertz CT molecular complexity index is 1270. The van der Waals surface area contributed by atoms with Gasteiger partial charge in [-0.3, -0.25) is 4.79 Å². The van der Waals surface area contributed by atoms with Gasteiger partial charge in [0.15, 0.2) is 17.3 Å². The number of ether oxygens (including phenoxy) is 2. The third kappa shape index (κ3) is 3.58. The number of halogens is 2. The molecule has 1 saturated carbocycles. The molecule has 0 N–H and O–H groups in total. The lowest BCUT2D eigenvalue weighted by Gasteiger charge is -2.33.